The fraction of sp³-hybridized carbons (Fsp3) is 0.167. The lowest BCUT2D eigenvalue weighted by Gasteiger charge is -2.11. The minimum atomic E-state index is -4.70. The van der Waals surface area contributed by atoms with Gasteiger partial charge in [-0.05, 0) is 42.8 Å². The first-order valence-electron chi connectivity index (χ1n) is 5.45. The summed E-state index contributed by atoms with van der Waals surface area (Å²) >= 11 is 5.67. The van der Waals surface area contributed by atoms with Crippen molar-refractivity contribution in [3.63, 3.8) is 0 Å². The van der Waals surface area contributed by atoms with Crippen LogP contribution in [0.4, 0.5) is 24.7 Å². The molecule has 0 unspecified atom stereocenters. The number of alkyl halides is 3. The van der Waals surface area contributed by atoms with Crippen LogP contribution in [-0.4, -0.2) is 16.3 Å². The topological polar surface area (TPSA) is 47.0 Å². The van der Waals surface area contributed by atoms with Gasteiger partial charge in [0.2, 0.25) is 5.28 Å². The van der Waals surface area contributed by atoms with Crippen LogP contribution in [0.15, 0.2) is 30.5 Å². The Balaban J connectivity index is 2.13. The first-order valence-corrected chi connectivity index (χ1v) is 5.83. The number of aryl methyl sites for hydroxylation is 1. The van der Waals surface area contributed by atoms with Crippen molar-refractivity contribution in [2.24, 2.45) is 0 Å². The minimum Gasteiger partial charge on any atom is -0.406 e. The number of hydrogen-bond donors (Lipinski definition) is 1. The highest BCUT2D eigenvalue weighted by Gasteiger charge is 2.30. The van der Waals surface area contributed by atoms with E-state index in [4.69, 9.17) is 11.6 Å². The Bertz CT molecular complexity index is 602. The molecule has 0 fully saturated rings. The number of hydrogen-bond acceptors (Lipinski definition) is 4. The molecule has 0 bridgehead atoms. The van der Waals surface area contributed by atoms with Gasteiger partial charge in [0.25, 0.3) is 0 Å². The van der Waals surface area contributed by atoms with Gasteiger partial charge in [0.15, 0.2) is 0 Å². The molecule has 0 aliphatic rings. The van der Waals surface area contributed by atoms with Gasteiger partial charge in [-0.3, -0.25) is 0 Å². The first-order chi connectivity index (χ1) is 9.33. The van der Waals surface area contributed by atoms with E-state index in [9.17, 15) is 13.2 Å². The average Bonchev–Trinajstić information content (AvgIpc) is 2.34. The Labute approximate surface area is 117 Å². The highest BCUT2D eigenvalue weighted by molar-refractivity contribution is 6.28. The van der Waals surface area contributed by atoms with E-state index < -0.39 is 6.36 Å². The van der Waals surface area contributed by atoms with Crippen molar-refractivity contribution < 1.29 is 17.9 Å². The summed E-state index contributed by atoms with van der Waals surface area (Å²) in [4.78, 5) is 7.79. The van der Waals surface area contributed by atoms with Crippen LogP contribution in [-0.2, 0) is 0 Å². The van der Waals surface area contributed by atoms with Crippen LogP contribution in [0.1, 0.15) is 5.56 Å². The van der Waals surface area contributed by atoms with Crippen LogP contribution in [0, 0.1) is 6.92 Å². The summed E-state index contributed by atoms with van der Waals surface area (Å²) in [6.07, 6.45) is -3.16. The third-order valence-corrected chi connectivity index (χ3v) is 2.48. The van der Waals surface area contributed by atoms with Gasteiger partial charge in [-0.2, -0.15) is 0 Å². The van der Waals surface area contributed by atoms with Crippen molar-refractivity contribution in [2.75, 3.05) is 5.32 Å². The quantitative estimate of drug-likeness (QED) is 0.868. The minimum absolute atomic E-state index is 0.0788. The summed E-state index contributed by atoms with van der Waals surface area (Å²) in [7, 11) is 0. The molecular weight excluding hydrogens is 295 g/mol. The van der Waals surface area contributed by atoms with Crippen LogP contribution in [0.3, 0.4) is 0 Å². The monoisotopic (exact) mass is 303 g/mol. The molecule has 0 atom stereocenters. The van der Waals surface area contributed by atoms with E-state index >= 15 is 0 Å². The zero-order valence-electron chi connectivity index (χ0n) is 10.2. The number of nitrogens with zero attached hydrogens (tertiary/aromatic N) is 2. The number of benzene rings is 1. The number of aromatic nitrogens is 2. The third-order valence-electron chi connectivity index (χ3n) is 2.29. The molecule has 1 N–H and O–H groups in total. The van der Waals surface area contributed by atoms with Crippen LogP contribution < -0.4 is 10.1 Å². The van der Waals surface area contributed by atoms with Gasteiger partial charge >= 0.3 is 6.36 Å². The summed E-state index contributed by atoms with van der Waals surface area (Å²) < 4.78 is 39.8. The molecule has 1 aromatic heterocycles. The van der Waals surface area contributed by atoms with Crippen LogP contribution >= 0.6 is 11.6 Å². The Morgan fingerprint density at radius 2 is 1.85 bits per heavy atom. The third kappa shape index (κ3) is 3.99. The first kappa shape index (κ1) is 14.4. The molecule has 106 valence electrons. The van der Waals surface area contributed by atoms with Gasteiger partial charge in [-0.25, -0.2) is 9.97 Å². The Morgan fingerprint density at radius 1 is 1.20 bits per heavy atom. The highest BCUT2D eigenvalue weighted by Crippen LogP contribution is 2.25. The van der Waals surface area contributed by atoms with Crippen molar-refractivity contribution >= 4 is 23.1 Å². The maximum absolute atomic E-state index is 12.0. The average molecular weight is 304 g/mol. The molecule has 0 spiro atoms. The second-order valence-electron chi connectivity index (χ2n) is 3.87. The summed E-state index contributed by atoms with van der Waals surface area (Å²) in [5.41, 5.74) is 1.31. The largest absolute Gasteiger partial charge is 0.573 e. The fourth-order valence-electron chi connectivity index (χ4n) is 1.42. The predicted octanol–water partition coefficient (Wildman–Crippen LogP) is 4.08. The van der Waals surface area contributed by atoms with E-state index in [1.807, 2.05) is 0 Å². The molecule has 8 heteroatoms. The highest BCUT2D eigenvalue weighted by atomic mass is 35.5. The lowest BCUT2D eigenvalue weighted by Crippen LogP contribution is -2.16. The van der Waals surface area contributed by atoms with E-state index in [1.54, 1.807) is 13.1 Å². The van der Waals surface area contributed by atoms with Crippen LogP contribution in [0.2, 0.25) is 5.28 Å². The van der Waals surface area contributed by atoms with Crippen molar-refractivity contribution in [1.29, 1.82) is 0 Å². The standard InChI is InChI=1S/C12H9ClF3N3O/c1-7-6-17-11(13)19-10(7)18-8-2-4-9(5-3-8)20-12(14,15)16/h2-6H,1H3,(H,17,18,19). The molecule has 4 nitrogen and oxygen atoms in total. The number of nitrogens with one attached hydrogen (secondary N) is 1. The maximum Gasteiger partial charge on any atom is 0.573 e. The number of halogens is 4. The number of ether oxygens (including phenoxy) is 1. The normalized spacial score (nSPS) is 11.2. The van der Waals surface area contributed by atoms with Crippen molar-refractivity contribution in [1.82, 2.24) is 9.97 Å². The zero-order valence-corrected chi connectivity index (χ0v) is 11.0. The van der Waals surface area contributed by atoms with E-state index in [0.29, 0.717) is 11.5 Å². The number of rotatable bonds is 3. The second kappa shape index (κ2) is 5.54. The van der Waals surface area contributed by atoms with Crippen molar-refractivity contribution in [3.8, 4) is 5.75 Å². The lowest BCUT2D eigenvalue weighted by molar-refractivity contribution is -0.274. The van der Waals surface area contributed by atoms with Gasteiger partial charge in [-0.1, -0.05) is 0 Å². The van der Waals surface area contributed by atoms with Gasteiger partial charge < -0.3 is 10.1 Å². The molecule has 2 rings (SSSR count). The van der Waals surface area contributed by atoms with E-state index in [-0.39, 0.29) is 11.0 Å². The molecule has 0 aliphatic carbocycles. The molecule has 1 heterocycles. The second-order valence-corrected chi connectivity index (χ2v) is 4.21. The lowest BCUT2D eigenvalue weighted by atomic mass is 10.3. The maximum atomic E-state index is 12.0. The van der Waals surface area contributed by atoms with Crippen molar-refractivity contribution in [2.45, 2.75) is 13.3 Å². The van der Waals surface area contributed by atoms with Gasteiger partial charge in [0, 0.05) is 17.4 Å². The summed E-state index contributed by atoms with van der Waals surface area (Å²) in [5.74, 6) is 0.190. The van der Waals surface area contributed by atoms with E-state index in [2.05, 4.69) is 20.0 Å². The van der Waals surface area contributed by atoms with Crippen LogP contribution in [0.25, 0.3) is 0 Å². The molecule has 2 aromatic rings. The Morgan fingerprint density at radius 3 is 2.45 bits per heavy atom. The van der Waals surface area contributed by atoms with Gasteiger partial charge in [-0.15, -0.1) is 13.2 Å². The number of anilines is 2. The molecular formula is C12H9ClF3N3O. The SMILES string of the molecule is Cc1cnc(Cl)nc1Nc1ccc(OC(F)(F)F)cc1. The molecule has 0 radical (unpaired) electrons. The summed E-state index contributed by atoms with van der Waals surface area (Å²) in [6.45, 7) is 1.78. The van der Waals surface area contributed by atoms with Crippen molar-refractivity contribution in [3.05, 3.63) is 41.3 Å². The molecule has 1 aromatic carbocycles. The van der Waals surface area contributed by atoms with Gasteiger partial charge in [0.05, 0.1) is 0 Å². The fourth-order valence-corrected chi connectivity index (χ4v) is 1.56. The van der Waals surface area contributed by atoms with E-state index in [0.717, 1.165) is 5.56 Å². The molecule has 0 saturated heterocycles. The molecule has 0 aliphatic heterocycles. The Hall–Kier alpha value is -2.02. The molecule has 0 amide bonds. The van der Waals surface area contributed by atoms with E-state index in [1.165, 1.54) is 24.3 Å². The predicted molar refractivity (Wildman–Crippen MR) is 68.2 cm³/mol. The summed E-state index contributed by atoms with van der Waals surface area (Å²) in [5, 5.41) is 3.01. The Kier molecular flexibility index (Phi) is 3.99. The van der Waals surface area contributed by atoms with Crippen LogP contribution in [0.5, 0.6) is 5.75 Å². The molecule has 0 saturated carbocycles. The zero-order chi connectivity index (χ0) is 14.8. The smallest absolute Gasteiger partial charge is 0.406 e. The molecule has 20 heavy (non-hydrogen) atoms. The van der Waals surface area contributed by atoms with Gasteiger partial charge in [0.1, 0.15) is 11.6 Å². The summed E-state index contributed by atoms with van der Waals surface area (Å²) in [6, 6.07) is 5.29.